The van der Waals surface area contributed by atoms with Crippen molar-refractivity contribution in [3.05, 3.63) is 34.1 Å². The van der Waals surface area contributed by atoms with Crippen LogP contribution in [-0.2, 0) is 0 Å². The minimum absolute atomic E-state index is 0.149. The first-order valence-corrected chi connectivity index (χ1v) is 5.51. The van der Waals surface area contributed by atoms with E-state index in [1.807, 2.05) is 13.8 Å². The molecule has 0 aliphatic heterocycles. The van der Waals surface area contributed by atoms with Gasteiger partial charge in [0.1, 0.15) is 0 Å². The van der Waals surface area contributed by atoms with Crippen molar-refractivity contribution in [2.75, 3.05) is 0 Å². The van der Waals surface area contributed by atoms with Crippen LogP contribution < -0.4 is 0 Å². The molecule has 0 aliphatic rings. The topological polar surface area (TPSA) is 0 Å². The lowest BCUT2D eigenvalue weighted by Crippen LogP contribution is -2.06. The molecule has 0 aliphatic carbocycles. The van der Waals surface area contributed by atoms with Crippen molar-refractivity contribution >= 4 is 0 Å². The Labute approximate surface area is 95.5 Å². The molecule has 0 aromatic heterocycles. The molecule has 16 heavy (non-hydrogen) atoms. The smallest absolute Gasteiger partial charge is 0.194 e. The van der Waals surface area contributed by atoms with Crippen molar-refractivity contribution in [3.8, 4) is 0 Å². The fourth-order valence-electron chi connectivity index (χ4n) is 1.60. The molecule has 3 heteroatoms. The van der Waals surface area contributed by atoms with E-state index in [0.29, 0.717) is 5.56 Å². The molecule has 0 N–H and O–H groups in total. The quantitative estimate of drug-likeness (QED) is 0.606. The Bertz CT molecular complexity index is 339. The zero-order valence-corrected chi connectivity index (χ0v) is 10.7. The second kappa shape index (κ2) is 5.92. The van der Waals surface area contributed by atoms with E-state index in [9.17, 15) is 13.2 Å². The maximum Gasteiger partial charge on any atom is 0.194 e. The molecular formula is C13H19F3. The van der Waals surface area contributed by atoms with Gasteiger partial charge < -0.3 is 0 Å². The molecule has 0 amide bonds. The van der Waals surface area contributed by atoms with Crippen molar-refractivity contribution in [1.29, 1.82) is 0 Å². The van der Waals surface area contributed by atoms with Crippen LogP contribution in [0.15, 0.2) is 0 Å². The number of hydrogen-bond acceptors (Lipinski definition) is 0. The van der Waals surface area contributed by atoms with E-state index in [4.69, 9.17) is 0 Å². The van der Waals surface area contributed by atoms with Crippen molar-refractivity contribution in [2.45, 2.75) is 47.5 Å². The molecule has 0 heterocycles. The summed E-state index contributed by atoms with van der Waals surface area (Å²) in [6.07, 6.45) is 0. The second-order valence-electron chi connectivity index (χ2n) is 3.76. The van der Waals surface area contributed by atoms with Crippen LogP contribution in [-0.4, -0.2) is 0 Å². The van der Waals surface area contributed by atoms with Crippen LogP contribution in [0.2, 0.25) is 0 Å². The standard InChI is InChI=1S/C11H13F3.C2H6/c1-5(2)8-6(3)7(4)9(12)11(14)10(8)13;1-2/h5H,1-4H3;1-2H3. The van der Waals surface area contributed by atoms with Gasteiger partial charge in [0, 0.05) is 0 Å². The minimum Gasteiger partial charge on any atom is -0.203 e. The third-order valence-corrected chi connectivity index (χ3v) is 2.49. The summed E-state index contributed by atoms with van der Waals surface area (Å²) in [4.78, 5) is 0. The number of halogens is 3. The van der Waals surface area contributed by atoms with Gasteiger partial charge in [0.25, 0.3) is 0 Å². The average Bonchev–Trinajstić information content (AvgIpc) is 2.26. The van der Waals surface area contributed by atoms with Crippen LogP contribution >= 0.6 is 0 Å². The van der Waals surface area contributed by atoms with Gasteiger partial charge in [0.15, 0.2) is 17.5 Å². The lowest BCUT2D eigenvalue weighted by molar-refractivity contribution is 0.433. The highest BCUT2D eigenvalue weighted by atomic mass is 19.2. The van der Waals surface area contributed by atoms with Crippen LogP contribution in [0.25, 0.3) is 0 Å². The highest BCUT2D eigenvalue weighted by molar-refractivity contribution is 5.38. The molecule has 92 valence electrons. The lowest BCUT2D eigenvalue weighted by atomic mass is 9.93. The lowest BCUT2D eigenvalue weighted by Gasteiger charge is -2.14. The Hall–Kier alpha value is -0.990. The molecule has 0 saturated heterocycles. The Morgan fingerprint density at radius 1 is 0.750 bits per heavy atom. The van der Waals surface area contributed by atoms with E-state index >= 15 is 0 Å². The summed E-state index contributed by atoms with van der Waals surface area (Å²) in [5.41, 5.74) is 0.949. The van der Waals surface area contributed by atoms with Crippen molar-refractivity contribution < 1.29 is 13.2 Å². The van der Waals surface area contributed by atoms with E-state index in [1.54, 1.807) is 20.8 Å². The molecule has 1 rings (SSSR count). The van der Waals surface area contributed by atoms with Gasteiger partial charge in [-0.15, -0.1) is 0 Å². The van der Waals surface area contributed by atoms with E-state index in [1.165, 1.54) is 6.92 Å². The molecule has 0 spiro atoms. The SMILES string of the molecule is CC.Cc1c(C)c(C(C)C)c(F)c(F)c1F. The van der Waals surface area contributed by atoms with Gasteiger partial charge in [0.05, 0.1) is 0 Å². The van der Waals surface area contributed by atoms with Crippen LogP contribution in [0.1, 0.15) is 50.3 Å². The number of benzene rings is 1. The molecule has 1 aromatic rings. The minimum atomic E-state index is -1.36. The molecule has 0 bridgehead atoms. The van der Waals surface area contributed by atoms with E-state index in [2.05, 4.69) is 0 Å². The van der Waals surface area contributed by atoms with Gasteiger partial charge in [-0.3, -0.25) is 0 Å². The predicted octanol–water partition coefficient (Wildman–Crippen LogP) is 4.87. The highest BCUT2D eigenvalue weighted by Crippen LogP contribution is 2.29. The molecule has 0 radical (unpaired) electrons. The Morgan fingerprint density at radius 3 is 1.56 bits per heavy atom. The Kier molecular flexibility index (Phi) is 5.56. The maximum absolute atomic E-state index is 13.3. The van der Waals surface area contributed by atoms with Crippen molar-refractivity contribution in [3.63, 3.8) is 0 Å². The molecule has 0 nitrogen and oxygen atoms in total. The molecule has 0 saturated carbocycles. The average molecular weight is 232 g/mol. The Balaban J connectivity index is 0.00000106. The number of hydrogen-bond donors (Lipinski definition) is 0. The first-order valence-electron chi connectivity index (χ1n) is 5.51. The zero-order valence-electron chi connectivity index (χ0n) is 10.7. The van der Waals surface area contributed by atoms with E-state index in [-0.39, 0.29) is 17.0 Å². The Morgan fingerprint density at radius 2 is 1.19 bits per heavy atom. The van der Waals surface area contributed by atoms with E-state index in [0.717, 1.165) is 0 Å². The summed E-state index contributed by atoms with van der Waals surface area (Å²) in [5.74, 6) is -3.65. The van der Waals surface area contributed by atoms with Gasteiger partial charge in [-0.2, -0.15) is 0 Å². The fraction of sp³-hybridized carbons (Fsp3) is 0.538. The monoisotopic (exact) mass is 232 g/mol. The van der Waals surface area contributed by atoms with Gasteiger partial charge in [-0.1, -0.05) is 27.7 Å². The van der Waals surface area contributed by atoms with Gasteiger partial charge in [0.2, 0.25) is 0 Å². The first-order chi connectivity index (χ1) is 7.37. The summed E-state index contributed by atoms with van der Waals surface area (Å²) >= 11 is 0. The highest BCUT2D eigenvalue weighted by Gasteiger charge is 2.21. The largest absolute Gasteiger partial charge is 0.203 e. The van der Waals surface area contributed by atoms with Crippen LogP contribution in [0, 0.1) is 31.3 Å². The maximum atomic E-state index is 13.3. The summed E-state index contributed by atoms with van der Waals surface area (Å²) in [6.45, 7) is 10.6. The van der Waals surface area contributed by atoms with Crippen molar-refractivity contribution in [1.82, 2.24) is 0 Å². The molecule has 0 unspecified atom stereocenters. The third kappa shape index (κ3) is 2.57. The molecule has 0 fully saturated rings. The van der Waals surface area contributed by atoms with Crippen LogP contribution in [0.3, 0.4) is 0 Å². The normalized spacial score (nSPS) is 10.1. The predicted molar refractivity (Wildman–Crippen MR) is 61.2 cm³/mol. The number of rotatable bonds is 1. The summed E-state index contributed by atoms with van der Waals surface area (Å²) in [7, 11) is 0. The second-order valence-corrected chi connectivity index (χ2v) is 3.76. The summed E-state index contributed by atoms with van der Waals surface area (Å²) in [6, 6.07) is 0. The third-order valence-electron chi connectivity index (χ3n) is 2.49. The van der Waals surface area contributed by atoms with Gasteiger partial charge >= 0.3 is 0 Å². The fourth-order valence-corrected chi connectivity index (χ4v) is 1.60. The van der Waals surface area contributed by atoms with Gasteiger partial charge in [-0.25, -0.2) is 13.2 Å². The first kappa shape index (κ1) is 15.0. The van der Waals surface area contributed by atoms with Crippen LogP contribution in [0.5, 0.6) is 0 Å². The summed E-state index contributed by atoms with van der Waals surface area (Å²) in [5, 5.41) is 0. The summed E-state index contributed by atoms with van der Waals surface area (Å²) < 4.78 is 39.5. The molecular weight excluding hydrogens is 213 g/mol. The van der Waals surface area contributed by atoms with E-state index < -0.39 is 17.5 Å². The van der Waals surface area contributed by atoms with Crippen molar-refractivity contribution in [2.24, 2.45) is 0 Å². The van der Waals surface area contributed by atoms with Gasteiger partial charge in [-0.05, 0) is 36.5 Å². The zero-order chi connectivity index (χ0) is 13.0. The molecule has 0 atom stereocenters. The molecule has 1 aromatic carbocycles. The van der Waals surface area contributed by atoms with Crippen LogP contribution in [0.4, 0.5) is 13.2 Å².